The molecule has 30 heavy (non-hydrogen) atoms. The molecule has 0 bridgehead atoms. The predicted octanol–water partition coefficient (Wildman–Crippen LogP) is 7.71. The number of unbranched alkanes of at least 4 members (excludes halogenated alkanes) is 1. The number of anilines is 1. The highest BCUT2D eigenvalue weighted by Crippen LogP contribution is 2.40. The van der Waals surface area contributed by atoms with Crippen LogP contribution >= 0.6 is 11.3 Å². The van der Waals surface area contributed by atoms with Crippen molar-refractivity contribution in [2.75, 3.05) is 5.73 Å². The smallest absolute Gasteiger partial charge is 0.126 e. The van der Waals surface area contributed by atoms with Crippen LogP contribution in [0.5, 0.6) is 0 Å². The number of rotatable bonds is 5. The Balaban J connectivity index is 1.78. The Morgan fingerprint density at radius 2 is 1.60 bits per heavy atom. The maximum absolute atomic E-state index is 6.26. The van der Waals surface area contributed by atoms with Gasteiger partial charge >= 0.3 is 0 Å². The number of hydrogen-bond acceptors (Lipinski definition) is 3. The van der Waals surface area contributed by atoms with E-state index in [0.29, 0.717) is 0 Å². The fourth-order valence-electron chi connectivity index (χ4n) is 4.08. The van der Waals surface area contributed by atoms with Gasteiger partial charge in [0.2, 0.25) is 0 Å². The number of aryl methyl sites for hydroxylation is 1. The molecular formula is C27H24N2S. The lowest BCUT2D eigenvalue weighted by Crippen LogP contribution is -1.90. The fourth-order valence-corrected chi connectivity index (χ4v) is 5.19. The molecule has 0 atom stereocenters. The lowest BCUT2D eigenvalue weighted by Gasteiger charge is -2.10. The molecule has 148 valence electrons. The number of nitrogens with zero attached hydrogens (tertiary/aromatic N) is 1. The second-order valence-corrected chi connectivity index (χ2v) is 8.76. The van der Waals surface area contributed by atoms with Gasteiger partial charge in [-0.05, 0) is 59.0 Å². The van der Waals surface area contributed by atoms with Gasteiger partial charge in [-0.2, -0.15) is 0 Å². The van der Waals surface area contributed by atoms with Crippen molar-refractivity contribution < 1.29 is 0 Å². The number of para-hydroxylation sites is 1. The van der Waals surface area contributed by atoms with Crippen LogP contribution in [-0.4, -0.2) is 4.98 Å². The van der Waals surface area contributed by atoms with E-state index < -0.39 is 0 Å². The van der Waals surface area contributed by atoms with Crippen LogP contribution in [-0.2, 0) is 6.42 Å². The van der Waals surface area contributed by atoms with E-state index in [0.717, 1.165) is 28.2 Å². The first-order valence-electron chi connectivity index (χ1n) is 10.5. The Bertz CT molecular complexity index is 1340. The van der Waals surface area contributed by atoms with Crippen LogP contribution in [0.1, 0.15) is 25.3 Å². The minimum atomic E-state index is 0.773. The monoisotopic (exact) mass is 408 g/mol. The van der Waals surface area contributed by atoms with Gasteiger partial charge in [0.05, 0.1) is 10.2 Å². The third kappa shape index (κ3) is 3.35. The largest absolute Gasteiger partial charge is 0.398 e. The van der Waals surface area contributed by atoms with Crippen molar-refractivity contribution in [1.82, 2.24) is 4.98 Å². The normalized spacial score (nSPS) is 11.4. The number of thiazole rings is 1. The van der Waals surface area contributed by atoms with Gasteiger partial charge < -0.3 is 5.73 Å². The average molecular weight is 409 g/mol. The number of benzene rings is 4. The third-order valence-corrected chi connectivity index (χ3v) is 6.68. The Labute approximate surface area is 181 Å². The predicted molar refractivity (Wildman–Crippen MR) is 131 cm³/mol. The highest BCUT2D eigenvalue weighted by molar-refractivity contribution is 7.21. The van der Waals surface area contributed by atoms with Crippen LogP contribution in [0.4, 0.5) is 5.69 Å². The van der Waals surface area contributed by atoms with Crippen LogP contribution in [0.25, 0.3) is 42.7 Å². The molecule has 0 fully saturated rings. The Morgan fingerprint density at radius 3 is 2.47 bits per heavy atom. The van der Waals surface area contributed by atoms with E-state index in [4.69, 9.17) is 10.7 Å². The molecule has 0 saturated carbocycles. The number of hydrogen-bond donors (Lipinski definition) is 1. The summed E-state index contributed by atoms with van der Waals surface area (Å²) in [6.45, 7) is 2.24. The first-order chi connectivity index (χ1) is 14.7. The number of aromatic nitrogens is 1. The van der Waals surface area contributed by atoms with Gasteiger partial charge in [-0.15, -0.1) is 11.3 Å². The van der Waals surface area contributed by atoms with Gasteiger partial charge in [-0.25, -0.2) is 4.98 Å². The molecule has 0 amide bonds. The van der Waals surface area contributed by atoms with Gasteiger partial charge in [-0.1, -0.05) is 67.9 Å². The minimum Gasteiger partial charge on any atom is -0.398 e. The number of nitrogen functional groups attached to an aromatic ring is 1. The van der Waals surface area contributed by atoms with Crippen molar-refractivity contribution in [2.24, 2.45) is 0 Å². The Morgan fingerprint density at radius 1 is 0.833 bits per heavy atom. The second-order valence-electron chi connectivity index (χ2n) is 7.73. The molecule has 0 spiro atoms. The summed E-state index contributed by atoms with van der Waals surface area (Å²) in [5.41, 5.74) is 12.9. The van der Waals surface area contributed by atoms with Crippen LogP contribution in [0.2, 0.25) is 0 Å². The molecule has 0 aliphatic carbocycles. The van der Waals surface area contributed by atoms with Crippen molar-refractivity contribution >= 4 is 38.0 Å². The summed E-state index contributed by atoms with van der Waals surface area (Å²) in [7, 11) is 0. The van der Waals surface area contributed by atoms with Crippen molar-refractivity contribution in [3.05, 3.63) is 84.4 Å². The van der Waals surface area contributed by atoms with Gasteiger partial charge in [0.25, 0.3) is 0 Å². The summed E-state index contributed by atoms with van der Waals surface area (Å²) in [6.07, 6.45) is 3.47. The van der Waals surface area contributed by atoms with E-state index in [-0.39, 0.29) is 0 Å². The quantitative estimate of drug-likeness (QED) is 0.302. The van der Waals surface area contributed by atoms with E-state index in [1.54, 1.807) is 11.3 Å². The van der Waals surface area contributed by atoms with Crippen molar-refractivity contribution in [3.8, 4) is 21.7 Å². The highest BCUT2D eigenvalue weighted by atomic mass is 32.1. The summed E-state index contributed by atoms with van der Waals surface area (Å²) in [4.78, 5) is 5.09. The molecule has 0 aliphatic rings. The number of nitrogens with two attached hydrogens (primary N) is 1. The van der Waals surface area contributed by atoms with Crippen molar-refractivity contribution in [1.29, 1.82) is 0 Å². The average Bonchev–Trinajstić information content (AvgIpc) is 3.21. The minimum absolute atomic E-state index is 0.773. The lowest BCUT2D eigenvalue weighted by atomic mass is 9.95. The topological polar surface area (TPSA) is 38.9 Å². The Kier molecular flexibility index (Phi) is 4.97. The zero-order chi connectivity index (χ0) is 20.5. The van der Waals surface area contributed by atoms with Crippen LogP contribution in [0.15, 0.2) is 78.9 Å². The van der Waals surface area contributed by atoms with Crippen molar-refractivity contribution in [2.45, 2.75) is 26.2 Å². The highest BCUT2D eigenvalue weighted by Gasteiger charge is 2.16. The SMILES string of the molecule is CCCCc1cc(-c2cccc3ccccc23)c2nc(-c3ccccc3N)sc2c1. The zero-order valence-electron chi connectivity index (χ0n) is 17.1. The zero-order valence-corrected chi connectivity index (χ0v) is 17.9. The molecule has 3 heteroatoms. The molecule has 5 rings (SSSR count). The standard InChI is InChI=1S/C27H24N2S/c1-2-3-9-18-16-23(21-14-8-11-19-10-4-5-12-20(19)21)26-25(17-18)30-27(29-26)22-13-6-7-15-24(22)28/h4-8,10-17H,2-3,9,28H2,1H3. The van der Waals surface area contributed by atoms with Gasteiger partial charge in [0.15, 0.2) is 0 Å². The first kappa shape index (κ1) is 18.8. The molecule has 0 radical (unpaired) electrons. The van der Waals surface area contributed by atoms with E-state index in [1.165, 1.54) is 45.0 Å². The fraction of sp³-hybridized carbons (Fsp3) is 0.148. The molecule has 1 heterocycles. The van der Waals surface area contributed by atoms with Gasteiger partial charge in [-0.3, -0.25) is 0 Å². The lowest BCUT2D eigenvalue weighted by molar-refractivity contribution is 0.796. The van der Waals surface area contributed by atoms with E-state index in [9.17, 15) is 0 Å². The van der Waals surface area contributed by atoms with E-state index in [2.05, 4.69) is 67.6 Å². The molecule has 4 aromatic carbocycles. The molecule has 0 aliphatic heterocycles. The summed E-state index contributed by atoms with van der Waals surface area (Å²) in [6, 6.07) is 27.8. The van der Waals surface area contributed by atoms with Gasteiger partial charge in [0, 0.05) is 16.8 Å². The van der Waals surface area contributed by atoms with Crippen molar-refractivity contribution in [3.63, 3.8) is 0 Å². The summed E-state index contributed by atoms with van der Waals surface area (Å²) in [5.74, 6) is 0. The van der Waals surface area contributed by atoms with Crippen LogP contribution in [0.3, 0.4) is 0 Å². The molecular weight excluding hydrogens is 384 g/mol. The Hall–Kier alpha value is -3.17. The molecule has 2 nitrogen and oxygen atoms in total. The van der Waals surface area contributed by atoms with E-state index in [1.807, 2.05) is 18.2 Å². The first-order valence-corrected chi connectivity index (χ1v) is 11.3. The van der Waals surface area contributed by atoms with E-state index >= 15 is 0 Å². The maximum atomic E-state index is 6.26. The number of fused-ring (bicyclic) bond motifs is 2. The second kappa shape index (κ2) is 7.92. The third-order valence-electron chi connectivity index (χ3n) is 5.64. The molecule has 1 aromatic heterocycles. The van der Waals surface area contributed by atoms with Crippen LogP contribution in [0, 0.1) is 0 Å². The molecule has 0 saturated heterocycles. The summed E-state index contributed by atoms with van der Waals surface area (Å²) < 4.78 is 1.23. The maximum Gasteiger partial charge on any atom is 0.126 e. The molecule has 0 unspecified atom stereocenters. The summed E-state index contributed by atoms with van der Waals surface area (Å²) in [5, 5.41) is 3.50. The summed E-state index contributed by atoms with van der Waals surface area (Å²) >= 11 is 1.74. The molecule has 2 N–H and O–H groups in total. The van der Waals surface area contributed by atoms with Crippen LogP contribution < -0.4 is 5.73 Å². The molecule has 5 aromatic rings. The van der Waals surface area contributed by atoms with Gasteiger partial charge in [0.1, 0.15) is 5.01 Å².